The van der Waals surface area contributed by atoms with E-state index in [0.29, 0.717) is 0 Å². The summed E-state index contributed by atoms with van der Waals surface area (Å²) >= 11 is 0. The molecule has 0 radical (unpaired) electrons. The molecule has 0 aromatic heterocycles. The van der Waals surface area contributed by atoms with E-state index in [4.69, 9.17) is 16.1 Å². The first kappa shape index (κ1) is 9.86. The zero-order chi connectivity index (χ0) is 9.02. The Kier molecular flexibility index (Phi) is 3.49. The van der Waals surface area contributed by atoms with Crippen LogP contribution in [0.15, 0.2) is 0 Å². The van der Waals surface area contributed by atoms with Crippen molar-refractivity contribution in [3.8, 4) is 0 Å². The number of hydrogen-bond acceptors (Lipinski definition) is 4. The van der Waals surface area contributed by atoms with Crippen LogP contribution in [0.3, 0.4) is 0 Å². The molecular formula is C5H10N2O4. The Balaban J connectivity index is 4.12. The van der Waals surface area contributed by atoms with Crippen molar-refractivity contribution in [1.29, 1.82) is 0 Å². The molecule has 0 spiro atoms. The van der Waals surface area contributed by atoms with Gasteiger partial charge in [-0.1, -0.05) is 0 Å². The number of carboxylic acid groups (broad SMARTS) is 2. The molecule has 1 unspecified atom stereocenters. The molecule has 4 N–H and O–H groups in total. The van der Waals surface area contributed by atoms with Crippen molar-refractivity contribution in [3.05, 3.63) is 0 Å². The second-order valence-electron chi connectivity index (χ2n) is 2.12. The van der Waals surface area contributed by atoms with Crippen LogP contribution in [0.25, 0.3) is 0 Å². The third kappa shape index (κ3) is 3.54. The Labute approximate surface area is 63.2 Å². The SMILES string of the molecule is CN(N)C(CC(=O)O)C(=O)O. The van der Waals surface area contributed by atoms with Crippen molar-refractivity contribution in [2.24, 2.45) is 5.84 Å². The third-order valence-corrected chi connectivity index (χ3v) is 1.14. The largest absolute Gasteiger partial charge is 0.481 e. The fourth-order valence-electron chi connectivity index (χ4n) is 0.571. The maximum absolute atomic E-state index is 10.3. The van der Waals surface area contributed by atoms with Crippen LogP contribution in [0.4, 0.5) is 0 Å². The van der Waals surface area contributed by atoms with E-state index in [1.54, 1.807) is 0 Å². The topological polar surface area (TPSA) is 104 Å². The van der Waals surface area contributed by atoms with Gasteiger partial charge in [0.15, 0.2) is 0 Å². The molecule has 1 atom stereocenters. The molecule has 0 heterocycles. The quantitative estimate of drug-likeness (QED) is 0.351. The number of likely N-dealkylation sites (N-methyl/N-ethyl adjacent to an activating group) is 1. The highest BCUT2D eigenvalue weighted by atomic mass is 16.4. The smallest absolute Gasteiger partial charge is 0.322 e. The van der Waals surface area contributed by atoms with E-state index in [-0.39, 0.29) is 0 Å². The summed E-state index contributed by atoms with van der Waals surface area (Å²) in [5.74, 6) is 2.65. The van der Waals surface area contributed by atoms with Crippen LogP contribution in [-0.2, 0) is 9.59 Å². The molecule has 11 heavy (non-hydrogen) atoms. The minimum Gasteiger partial charge on any atom is -0.481 e. The van der Waals surface area contributed by atoms with E-state index in [1.807, 2.05) is 0 Å². The summed E-state index contributed by atoms with van der Waals surface area (Å²) in [5.41, 5.74) is 0. The Morgan fingerprint density at radius 2 is 2.00 bits per heavy atom. The molecule has 0 aromatic rings. The molecule has 0 aromatic carbocycles. The van der Waals surface area contributed by atoms with Crippen molar-refractivity contribution < 1.29 is 19.8 Å². The van der Waals surface area contributed by atoms with Gasteiger partial charge in [-0.25, -0.2) is 5.01 Å². The van der Waals surface area contributed by atoms with E-state index >= 15 is 0 Å². The Morgan fingerprint density at radius 3 is 2.09 bits per heavy atom. The van der Waals surface area contributed by atoms with Gasteiger partial charge >= 0.3 is 11.9 Å². The maximum atomic E-state index is 10.3. The summed E-state index contributed by atoms with van der Waals surface area (Å²) in [5, 5.41) is 17.5. The molecule has 0 aliphatic heterocycles. The Hall–Kier alpha value is -1.14. The monoisotopic (exact) mass is 162 g/mol. The molecular weight excluding hydrogens is 152 g/mol. The van der Waals surface area contributed by atoms with Crippen LogP contribution in [0.5, 0.6) is 0 Å². The lowest BCUT2D eigenvalue weighted by Gasteiger charge is -2.16. The second-order valence-corrected chi connectivity index (χ2v) is 2.12. The van der Waals surface area contributed by atoms with Crippen molar-refractivity contribution in [3.63, 3.8) is 0 Å². The molecule has 0 fully saturated rings. The van der Waals surface area contributed by atoms with Gasteiger partial charge < -0.3 is 10.2 Å². The van der Waals surface area contributed by atoms with Crippen molar-refractivity contribution in [2.45, 2.75) is 12.5 Å². The summed E-state index contributed by atoms with van der Waals surface area (Å²) in [4.78, 5) is 20.4. The Bertz CT molecular complexity index is 168. The molecule has 0 bridgehead atoms. The molecule has 0 amide bonds. The molecule has 0 rings (SSSR count). The molecule has 0 aliphatic carbocycles. The number of hydrazine groups is 1. The van der Waals surface area contributed by atoms with Crippen molar-refractivity contribution >= 4 is 11.9 Å². The van der Waals surface area contributed by atoms with Gasteiger partial charge in [0.1, 0.15) is 6.04 Å². The highest BCUT2D eigenvalue weighted by Crippen LogP contribution is 1.97. The summed E-state index contributed by atoms with van der Waals surface area (Å²) < 4.78 is 0. The lowest BCUT2D eigenvalue weighted by atomic mass is 10.2. The van der Waals surface area contributed by atoms with Gasteiger partial charge in [-0.2, -0.15) is 0 Å². The van der Waals surface area contributed by atoms with Gasteiger partial charge in [0.25, 0.3) is 0 Å². The maximum Gasteiger partial charge on any atom is 0.322 e. The molecule has 0 saturated heterocycles. The molecule has 0 saturated carbocycles. The first-order valence-corrected chi connectivity index (χ1v) is 2.87. The first-order valence-electron chi connectivity index (χ1n) is 2.87. The van der Waals surface area contributed by atoms with Crippen molar-refractivity contribution in [2.75, 3.05) is 7.05 Å². The van der Waals surface area contributed by atoms with Crippen LogP contribution in [-0.4, -0.2) is 40.3 Å². The third-order valence-electron chi connectivity index (χ3n) is 1.14. The van der Waals surface area contributed by atoms with Gasteiger partial charge in [0, 0.05) is 7.05 Å². The van der Waals surface area contributed by atoms with Crippen LogP contribution < -0.4 is 5.84 Å². The van der Waals surface area contributed by atoms with E-state index < -0.39 is 24.4 Å². The van der Waals surface area contributed by atoms with Crippen LogP contribution in [0.1, 0.15) is 6.42 Å². The van der Waals surface area contributed by atoms with Crippen LogP contribution in [0, 0.1) is 0 Å². The van der Waals surface area contributed by atoms with E-state index in [0.717, 1.165) is 5.01 Å². The highest BCUT2D eigenvalue weighted by Gasteiger charge is 2.23. The van der Waals surface area contributed by atoms with E-state index in [2.05, 4.69) is 0 Å². The summed E-state index contributed by atoms with van der Waals surface area (Å²) in [6, 6.07) is -1.16. The fraction of sp³-hybridized carbons (Fsp3) is 0.600. The van der Waals surface area contributed by atoms with Gasteiger partial charge in [0.05, 0.1) is 6.42 Å². The summed E-state index contributed by atoms with van der Waals surface area (Å²) in [7, 11) is 1.31. The average Bonchev–Trinajstić information content (AvgIpc) is 1.81. The minimum absolute atomic E-state index is 0.498. The average molecular weight is 162 g/mol. The second kappa shape index (κ2) is 3.89. The van der Waals surface area contributed by atoms with Gasteiger partial charge in [-0.05, 0) is 0 Å². The zero-order valence-electron chi connectivity index (χ0n) is 6.02. The van der Waals surface area contributed by atoms with E-state index in [1.165, 1.54) is 7.05 Å². The number of hydrogen-bond donors (Lipinski definition) is 3. The number of nitrogens with two attached hydrogens (primary N) is 1. The molecule has 0 aliphatic rings. The van der Waals surface area contributed by atoms with Gasteiger partial charge in [-0.15, -0.1) is 0 Å². The summed E-state index contributed by atoms with van der Waals surface area (Å²) in [6.45, 7) is 0. The number of carboxylic acids is 2. The lowest BCUT2D eigenvalue weighted by molar-refractivity contribution is -0.149. The van der Waals surface area contributed by atoms with Gasteiger partial charge in [0.2, 0.25) is 0 Å². The number of carbonyl (C=O) groups is 2. The normalized spacial score (nSPS) is 13.0. The predicted octanol–water partition coefficient (Wildman–Crippen LogP) is -1.28. The molecule has 64 valence electrons. The van der Waals surface area contributed by atoms with E-state index in [9.17, 15) is 9.59 Å². The predicted molar refractivity (Wildman–Crippen MR) is 35.6 cm³/mol. The molecule has 6 nitrogen and oxygen atoms in total. The zero-order valence-corrected chi connectivity index (χ0v) is 6.02. The number of aliphatic carboxylic acids is 2. The summed E-state index contributed by atoms with van der Waals surface area (Å²) in [6.07, 6.45) is -0.498. The van der Waals surface area contributed by atoms with Gasteiger partial charge in [-0.3, -0.25) is 15.4 Å². The number of nitrogens with zero attached hydrogens (tertiary/aromatic N) is 1. The fourth-order valence-corrected chi connectivity index (χ4v) is 0.571. The van der Waals surface area contributed by atoms with Crippen LogP contribution in [0.2, 0.25) is 0 Å². The standard InChI is InChI=1S/C5H10N2O4/c1-7(6)3(5(10)11)2-4(8)9/h3H,2,6H2,1H3,(H,8,9)(H,10,11). The number of rotatable bonds is 4. The first-order chi connectivity index (χ1) is 4.95. The lowest BCUT2D eigenvalue weighted by Crippen LogP contribution is -2.44. The van der Waals surface area contributed by atoms with Crippen LogP contribution >= 0.6 is 0 Å². The Morgan fingerprint density at radius 1 is 1.55 bits per heavy atom. The van der Waals surface area contributed by atoms with Crippen molar-refractivity contribution in [1.82, 2.24) is 5.01 Å². The minimum atomic E-state index is -1.24. The molecule has 6 heteroatoms. The highest BCUT2D eigenvalue weighted by molar-refractivity contribution is 5.80.